The normalized spacial score (nSPS) is 10.6. The first-order valence-corrected chi connectivity index (χ1v) is 10.9. The summed E-state index contributed by atoms with van der Waals surface area (Å²) in [5.74, 6) is 3.50. The van der Waals surface area contributed by atoms with Crippen LogP contribution in [0.25, 0.3) is 22.3 Å². The Bertz CT molecular complexity index is 1150. The van der Waals surface area contributed by atoms with Gasteiger partial charge in [-0.2, -0.15) is 0 Å². The second-order valence-electron chi connectivity index (χ2n) is 7.75. The summed E-state index contributed by atoms with van der Waals surface area (Å²) < 4.78 is 29.4. The Kier molecular flexibility index (Phi) is 6.97. The second-order valence-corrected chi connectivity index (χ2v) is 7.75. The molecule has 6 heteroatoms. The number of rotatable bonds is 9. The molecule has 0 unspecified atom stereocenters. The molecule has 3 aromatic carbocycles. The summed E-state index contributed by atoms with van der Waals surface area (Å²) in [7, 11) is 8.20. The summed E-state index contributed by atoms with van der Waals surface area (Å²) in [6.07, 6.45) is 4.31. The molecule has 0 aliphatic carbocycles. The lowest BCUT2D eigenvalue weighted by Gasteiger charge is -2.14. The van der Waals surface area contributed by atoms with Crippen LogP contribution in [-0.2, 0) is 6.54 Å². The first-order chi connectivity index (χ1) is 16.6. The first kappa shape index (κ1) is 23.1. The summed E-state index contributed by atoms with van der Waals surface area (Å²) in [5.41, 5.74) is 5.50. The van der Waals surface area contributed by atoms with Crippen molar-refractivity contribution in [2.45, 2.75) is 6.54 Å². The molecule has 4 rings (SSSR count). The van der Waals surface area contributed by atoms with Crippen LogP contribution < -0.4 is 23.7 Å². The molecule has 0 spiro atoms. The van der Waals surface area contributed by atoms with Crippen molar-refractivity contribution in [2.75, 3.05) is 35.5 Å². The van der Waals surface area contributed by atoms with Gasteiger partial charge in [0.2, 0.25) is 5.75 Å². The van der Waals surface area contributed by atoms with E-state index in [9.17, 15) is 0 Å². The van der Waals surface area contributed by atoms with Crippen LogP contribution >= 0.6 is 0 Å². The Morgan fingerprint density at radius 3 is 1.35 bits per heavy atom. The van der Waals surface area contributed by atoms with Gasteiger partial charge in [-0.3, -0.25) is 0 Å². The summed E-state index contributed by atoms with van der Waals surface area (Å²) >= 11 is 0. The number of methoxy groups -OCH3 is 5. The van der Waals surface area contributed by atoms with Gasteiger partial charge in [0.1, 0.15) is 11.5 Å². The van der Waals surface area contributed by atoms with Crippen molar-refractivity contribution in [3.05, 3.63) is 78.6 Å². The van der Waals surface area contributed by atoms with Crippen LogP contribution in [0.4, 0.5) is 0 Å². The van der Waals surface area contributed by atoms with Gasteiger partial charge in [-0.05, 0) is 53.1 Å². The molecule has 6 nitrogen and oxygen atoms in total. The van der Waals surface area contributed by atoms with E-state index in [0.29, 0.717) is 23.8 Å². The zero-order valence-corrected chi connectivity index (χ0v) is 20.1. The van der Waals surface area contributed by atoms with Crippen LogP contribution in [0.1, 0.15) is 5.56 Å². The number of aromatic nitrogens is 1. The number of benzene rings is 3. The molecule has 0 saturated heterocycles. The van der Waals surface area contributed by atoms with E-state index in [-0.39, 0.29) is 0 Å². The second kappa shape index (κ2) is 10.3. The minimum atomic E-state index is 0.582. The Morgan fingerprint density at radius 1 is 0.559 bits per heavy atom. The fraction of sp³-hybridized carbons (Fsp3) is 0.214. The lowest BCUT2D eigenvalue weighted by molar-refractivity contribution is 0.323. The highest BCUT2D eigenvalue weighted by molar-refractivity contribution is 5.83. The van der Waals surface area contributed by atoms with E-state index in [1.165, 1.54) is 0 Å². The highest BCUT2D eigenvalue weighted by atomic mass is 16.5. The minimum Gasteiger partial charge on any atom is -0.497 e. The van der Waals surface area contributed by atoms with Crippen molar-refractivity contribution in [3.8, 4) is 51.0 Å². The van der Waals surface area contributed by atoms with Crippen LogP contribution in [0.5, 0.6) is 28.7 Å². The highest BCUT2D eigenvalue weighted by Crippen LogP contribution is 2.39. The quantitative estimate of drug-likeness (QED) is 0.311. The highest BCUT2D eigenvalue weighted by Gasteiger charge is 2.16. The molecular formula is C28H29NO5. The molecular weight excluding hydrogens is 430 g/mol. The van der Waals surface area contributed by atoms with Gasteiger partial charge in [0.15, 0.2) is 11.5 Å². The molecule has 1 aromatic heterocycles. The molecule has 4 aromatic rings. The first-order valence-electron chi connectivity index (χ1n) is 10.9. The van der Waals surface area contributed by atoms with E-state index in [2.05, 4.69) is 41.2 Å². The molecule has 0 N–H and O–H groups in total. The number of hydrogen-bond acceptors (Lipinski definition) is 5. The third-order valence-corrected chi connectivity index (χ3v) is 5.77. The zero-order chi connectivity index (χ0) is 24.1. The molecule has 0 saturated carbocycles. The van der Waals surface area contributed by atoms with E-state index in [0.717, 1.165) is 39.3 Å². The molecule has 0 bridgehead atoms. The third-order valence-electron chi connectivity index (χ3n) is 5.77. The maximum absolute atomic E-state index is 5.53. The number of hydrogen-bond donors (Lipinski definition) is 0. The van der Waals surface area contributed by atoms with Gasteiger partial charge in [0.05, 0.1) is 35.5 Å². The van der Waals surface area contributed by atoms with Crippen LogP contribution in [0.15, 0.2) is 73.1 Å². The lowest BCUT2D eigenvalue weighted by Crippen LogP contribution is -2.00. The van der Waals surface area contributed by atoms with Crippen molar-refractivity contribution in [3.63, 3.8) is 0 Å². The summed E-state index contributed by atoms with van der Waals surface area (Å²) in [5, 5.41) is 0. The standard InChI is InChI=1S/C28H29NO5/c1-30-22-10-6-20(7-11-22)24-17-29(18-25(24)21-8-12-23(31-2)13-9-21)16-19-14-26(32-3)28(34-5)27(15-19)33-4/h6-15,17-18H,16H2,1-5H3. The monoisotopic (exact) mass is 459 g/mol. The predicted molar refractivity (Wildman–Crippen MR) is 134 cm³/mol. The molecule has 1 heterocycles. The van der Waals surface area contributed by atoms with Crippen LogP contribution in [0.2, 0.25) is 0 Å². The molecule has 0 fully saturated rings. The molecule has 176 valence electrons. The smallest absolute Gasteiger partial charge is 0.203 e. The van der Waals surface area contributed by atoms with Gasteiger partial charge in [0.25, 0.3) is 0 Å². The molecule has 0 amide bonds. The van der Waals surface area contributed by atoms with Gasteiger partial charge in [0, 0.05) is 30.1 Å². The van der Waals surface area contributed by atoms with E-state index in [1.807, 2.05) is 36.4 Å². The van der Waals surface area contributed by atoms with E-state index >= 15 is 0 Å². The van der Waals surface area contributed by atoms with Crippen molar-refractivity contribution in [2.24, 2.45) is 0 Å². The predicted octanol–water partition coefficient (Wildman–Crippen LogP) is 5.91. The summed E-state index contributed by atoms with van der Waals surface area (Å²) in [6.45, 7) is 0.635. The fourth-order valence-corrected chi connectivity index (χ4v) is 4.04. The minimum absolute atomic E-state index is 0.582. The molecule has 0 aliphatic rings. The van der Waals surface area contributed by atoms with Crippen LogP contribution in [0.3, 0.4) is 0 Å². The third kappa shape index (κ3) is 4.66. The van der Waals surface area contributed by atoms with Gasteiger partial charge >= 0.3 is 0 Å². The Labute approximate surface area is 200 Å². The lowest BCUT2D eigenvalue weighted by atomic mass is 9.99. The van der Waals surface area contributed by atoms with Crippen LogP contribution in [0, 0.1) is 0 Å². The molecule has 34 heavy (non-hydrogen) atoms. The van der Waals surface area contributed by atoms with Gasteiger partial charge in [-0.25, -0.2) is 0 Å². The van der Waals surface area contributed by atoms with E-state index < -0.39 is 0 Å². The average Bonchev–Trinajstić information content (AvgIpc) is 3.31. The largest absolute Gasteiger partial charge is 0.497 e. The summed E-state index contributed by atoms with van der Waals surface area (Å²) in [4.78, 5) is 0. The van der Waals surface area contributed by atoms with Crippen molar-refractivity contribution >= 4 is 0 Å². The molecule has 0 radical (unpaired) electrons. The van der Waals surface area contributed by atoms with Crippen molar-refractivity contribution in [1.82, 2.24) is 4.57 Å². The Balaban J connectivity index is 1.77. The fourth-order valence-electron chi connectivity index (χ4n) is 4.04. The van der Waals surface area contributed by atoms with Crippen molar-refractivity contribution < 1.29 is 23.7 Å². The maximum Gasteiger partial charge on any atom is 0.203 e. The zero-order valence-electron chi connectivity index (χ0n) is 20.1. The number of ether oxygens (including phenoxy) is 5. The Morgan fingerprint density at radius 2 is 1.00 bits per heavy atom. The van der Waals surface area contributed by atoms with Crippen molar-refractivity contribution in [1.29, 1.82) is 0 Å². The van der Waals surface area contributed by atoms with E-state index in [4.69, 9.17) is 23.7 Å². The molecule has 0 aliphatic heterocycles. The topological polar surface area (TPSA) is 51.1 Å². The summed E-state index contributed by atoms with van der Waals surface area (Å²) in [6, 6.07) is 20.1. The van der Waals surface area contributed by atoms with Crippen LogP contribution in [-0.4, -0.2) is 40.1 Å². The maximum atomic E-state index is 5.53. The van der Waals surface area contributed by atoms with Gasteiger partial charge in [-0.15, -0.1) is 0 Å². The van der Waals surface area contributed by atoms with Gasteiger partial charge in [-0.1, -0.05) is 24.3 Å². The number of nitrogens with zero attached hydrogens (tertiary/aromatic N) is 1. The van der Waals surface area contributed by atoms with E-state index in [1.54, 1.807) is 35.5 Å². The molecule has 0 atom stereocenters. The van der Waals surface area contributed by atoms with Gasteiger partial charge < -0.3 is 28.3 Å². The Hall–Kier alpha value is -4.06. The average molecular weight is 460 g/mol. The SMILES string of the molecule is COc1ccc(-c2cn(Cc3cc(OC)c(OC)c(OC)c3)cc2-c2ccc(OC)cc2)cc1.